The summed E-state index contributed by atoms with van der Waals surface area (Å²) in [5.74, 6) is 0.751. The van der Waals surface area contributed by atoms with Gasteiger partial charge in [-0.2, -0.15) is 5.26 Å². The van der Waals surface area contributed by atoms with E-state index in [9.17, 15) is 0 Å². The normalized spacial score (nSPS) is 16.3. The van der Waals surface area contributed by atoms with Crippen molar-refractivity contribution in [2.24, 2.45) is 5.41 Å². The zero-order valence-electron chi connectivity index (χ0n) is 9.45. The van der Waals surface area contributed by atoms with E-state index in [1.165, 1.54) is 0 Å². The Balaban J connectivity index is 1.98. The van der Waals surface area contributed by atoms with Crippen LogP contribution in [-0.4, -0.2) is 11.7 Å². The minimum Gasteiger partial charge on any atom is -0.493 e. The van der Waals surface area contributed by atoms with E-state index in [0.717, 1.165) is 28.6 Å². The van der Waals surface area contributed by atoms with Gasteiger partial charge >= 0.3 is 0 Å². The van der Waals surface area contributed by atoms with E-state index in [4.69, 9.17) is 15.1 Å². The van der Waals surface area contributed by atoms with E-state index >= 15 is 0 Å². The van der Waals surface area contributed by atoms with Crippen molar-refractivity contribution < 1.29 is 9.84 Å². The Morgan fingerprint density at radius 3 is 2.82 bits per heavy atom. The third kappa shape index (κ3) is 2.99. The second kappa shape index (κ2) is 5.07. The summed E-state index contributed by atoms with van der Waals surface area (Å²) in [7, 11) is 0. The summed E-state index contributed by atoms with van der Waals surface area (Å²) in [5.41, 5.74) is 0.897. The topological polar surface area (TPSA) is 53.2 Å². The second-order valence-corrected chi connectivity index (χ2v) is 5.39. The summed E-state index contributed by atoms with van der Waals surface area (Å²) in [6.07, 6.45) is 2.71. The lowest BCUT2D eigenvalue weighted by Gasteiger charge is -2.13. The first kappa shape index (κ1) is 12.4. The number of hydrogen-bond acceptors (Lipinski definition) is 3. The Morgan fingerprint density at radius 1 is 1.47 bits per heavy atom. The molecule has 90 valence electrons. The van der Waals surface area contributed by atoms with Gasteiger partial charge in [0.2, 0.25) is 0 Å². The SMILES string of the molecule is N#CCC1(COc2ccc(Br)c(CO)c2)CC1. The van der Waals surface area contributed by atoms with Crippen molar-refractivity contribution in [3.8, 4) is 11.8 Å². The standard InChI is InChI=1S/C13H14BrNO2/c14-12-2-1-11(7-10(12)8-16)17-9-13(3-4-13)5-6-15/h1-2,7,16H,3-5,8-9H2. The van der Waals surface area contributed by atoms with Gasteiger partial charge in [-0.25, -0.2) is 0 Å². The molecule has 1 aliphatic rings. The first-order chi connectivity index (χ1) is 8.19. The number of aliphatic hydroxyl groups excluding tert-OH is 1. The summed E-state index contributed by atoms with van der Waals surface area (Å²) in [4.78, 5) is 0. The van der Waals surface area contributed by atoms with E-state index in [-0.39, 0.29) is 12.0 Å². The first-order valence-corrected chi connectivity index (χ1v) is 6.37. The molecule has 2 rings (SSSR count). The van der Waals surface area contributed by atoms with E-state index in [1.807, 2.05) is 18.2 Å². The van der Waals surface area contributed by atoms with Crippen LogP contribution in [0.2, 0.25) is 0 Å². The molecule has 0 spiro atoms. The molecule has 1 saturated carbocycles. The van der Waals surface area contributed by atoms with Crippen molar-refractivity contribution in [2.75, 3.05) is 6.61 Å². The lowest BCUT2D eigenvalue weighted by atomic mass is 10.1. The maximum atomic E-state index is 9.14. The molecule has 3 nitrogen and oxygen atoms in total. The lowest BCUT2D eigenvalue weighted by molar-refractivity contribution is 0.235. The van der Waals surface area contributed by atoms with Crippen LogP contribution < -0.4 is 4.74 Å². The number of hydrogen-bond donors (Lipinski definition) is 1. The molecule has 0 atom stereocenters. The van der Waals surface area contributed by atoms with Crippen LogP contribution in [0.25, 0.3) is 0 Å². The van der Waals surface area contributed by atoms with Gasteiger partial charge in [0.1, 0.15) is 5.75 Å². The fourth-order valence-corrected chi connectivity index (χ4v) is 2.09. The lowest BCUT2D eigenvalue weighted by Crippen LogP contribution is -2.12. The average Bonchev–Trinajstić information content (AvgIpc) is 3.09. The maximum Gasteiger partial charge on any atom is 0.119 e. The number of aliphatic hydroxyl groups is 1. The summed E-state index contributed by atoms with van der Waals surface area (Å²) in [6, 6.07) is 7.77. The minimum atomic E-state index is -0.0128. The Labute approximate surface area is 109 Å². The summed E-state index contributed by atoms with van der Waals surface area (Å²) in [5, 5.41) is 17.9. The molecule has 17 heavy (non-hydrogen) atoms. The number of rotatable bonds is 5. The Bertz CT molecular complexity index is 449. The zero-order chi connectivity index (χ0) is 12.3. The molecule has 1 aliphatic carbocycles. The Morgan fingerprint density at radius 2 is 2.24 bits per heavy atom. The monoisotopic (exact) mass is 295 g/mol. The Hall–Kier alpha value is -1.05. The van der Waals surface area contributed by atoms with Gasteiger partial charge in [0, 0.05) is 16.3 Å². The van der Waals surface area contributed by atoms with Crippen LogP contribution in [0.5, 0.6) is 5.75 Å². The van der Waals surface area contributed by atoms with E-state index < -0.39 is 0 Å². The van der Waals surface area contributed by atoms with Gasteiger partial charge in [-0.15, -0.1) is 0 Å². The molecule has 0 unspecified atom stereocenters. The highest BCUT2D eigenvalue weighted by Gasteiger charge is 2.43. The van der Waals surface area contributed by atoms with Crippen LogP contribution in [0.4, 0.5) is 0 Å². The molecular weight excluding hydrogens is 282 g/mol. The smallest absolute Gasteiger partial charge is 0.119 e. The molecule has 0 aromatic heterocycles. The van der Waals surface area contributed by atoms with Crippen molar-refractivity contribution in [1.29, 1.82) is 5.26 Å². The summed E-state index contributed by atoms with van der Waals surface area (Å²) >= 11 is 3.36. The molecule has 0 amide bonds. The highest BCUT2D eigenvalue weighted by atomic mass is 79.9. The van der Waals surface area contributed by atoms with Gasteiger partial charge in [-0.3, -0.25) is 0 Å². The van der Waals surface area contributed by atoms with Gasteiger partial charge in [-0.1, -0.05) is 15.9 Å². The van der Waals surface area contributed by atoms with E-state index in [0.29, 0.717) is 13.0 Å². The molecule has 4 heteroatoms. The highest BCUT2D eigenvalue weighted by molar-refractivity contribution is 9.10. The average molecular weight is 296 g/mol. The molecule has 1 aromatic carbocycles. The van der Waals surface area contributed by atoms with Crippen molar-refractivity contribution in [1.82, 2.24) is 0 Å². The molecule has 0 radical (unpaired) electrons. The summed E-state index contributed by atoms with van der Waals surface area (Å²) < 4.78 is 6.58. The van der Waals surface area contributed by atoms with E-state index in [1.54, 1.807) is 0 Å². The van der Waals surface area contributed by atoms with Crippen molar-refractivity contribution in [2.45, 2.75) is 25.9 Å². The molecule has 1 N–H and O–H groups in total. The molecule has 0 bridgehead atoms. The predicted molar refractivity (Wildman–Crippen MR) is 67.5 cm³/mol. The number of ether oxygens (including phenoxy) is 1. The predicted octanol–water partition coefficient (Wildman–Crippen LogP) is 3.01. The highest BCUT2D eigenvalue weighted by Crippen LogP contribution is 2.48. The molecule has 1 fully saturated rings. The largest absolute Gasteiger partial charge is 0.493 e. The van der Waals surface area contributed by atoms with Gasteiger partial charge in [0.05, 0.1) is 19.3 Å². The molecular formula is C13H14BrNO2. The van der Waals surface area contributed by atoms with Gasteiger partial charge in [0.15, 0.2) is 0 Å². The van der Waals surface area contributed by atoms with Crippen LogP contribution in [0, 0.1) is 16.7 Å². The molecule has 0 heterocycles. The van der Waals surface area contributed by atoms with Gasteiger partial charge in [0.25, 0.3) is 0 Å². The number of nitriles is 1. The molecule has 1 aromatic rings. The third-order valence-corrected chi connectivity index (χ3v) is 3.92. The maximum absolute atomic E-state index is 9.14. The number of benzene rings is 1. The minimum absolute atomic E-state index is 0.0128. The Kier molecular flexibility index (Phi) is 3.70. The van der Waals surface area contributed by atoms with Crippen molar-refractivity contribution in [3.05, 3.63) is 28.2 Å². The van der Waals surface area contributed by atoms with E-state index in [2.05, 4.69) is 22.0 Å². The quantitative estimate of drug-likeness (QED) is 0.908. The molecule has 0 aliphatic heterocycles. The second-order valence-electron chi connectivity index (χ2n) is 4.53. The van der Waals surface area contributed by atoms with Gasteiger partial charge in [-0.05, 0) is 36.6 Å². The van der Waals surface area contributed by atoms with Gasteiger partial charge < -0.3 is 9.84 Å². The number of halogens is 1. The fourth-order valence-electron chi connectivity index (χ4n) is 1.72. The van der Waals surface area contributed by atoms with Crippen LogP contribution in [0.15, 0.2) is 22.7 Å². The van der Waals surface area contributed by atoms with Crippen molar-refractivity contribution in [3.63, 3.8) is 0 Å². The third-order valence-electron chi connectivity index (χ3n) is 3.14. The number of nitrogens with zero attached hydrogens (tertiary/aromatic N) is 1. The van der Waals surface area contributed by atoms with Crippen molar-refractivity contribution >= 4 is 15.9 Å². The first-order valence-electron chi connectivity index (χ1n) is 5.58. The van der Waals surface area contributed by atoms with Crippen LogP contribution >= 0.6 is 15.9 Å². The van der Waals surface area contributed by atoms with Crippen LogP contribution in [0.1, 0.15) is 24.8 Å². The zero-order valence-corrected chi connectivity index (χ0v) is 11.0. The molecule has 0 saturated heterocycles. The van der Waals surface area contributed by atoms with Crippen LogP contribution in [-0.2, 0) is 6.61 Å². The fraction of sp³-hybridized carbons (Fsp3) is 0.462. The summed E-state index contributed by atoms with van der Waals surface area (Å²) in [6.45, 7) is 0.578. The van der Waals surface area contributed by atoms with Crippen LogP contribution in [0.3, 0.4) is 0 Å².